The molecule has 0 radical (unpaired) electrons. The molecule has 2 rings (SSSR count). The predicted octanol–water partition coefficient (Wildman–Crippen LogP) is 2.78. The molecule has 60 valence electrons. The smallest absolute Gasteiger partial charge is 0.0836 e. The second kappa shape index (κ2) is 3.35. The minimum Gasteiger partial charge on any atom is -0.261 e. The average Bonchev–Trinajstić information content (AvgIpc) is 2.32. The van der Waals surface area contributed by atoms with Gasteiger partial charge < -0.3 is 0 Å². The van der Waals surface area contributed by atoms with Crippen molar-refractivity contribution in [2.75, 3.05) is 0 Å². The van der Waals surface area contributed by atoms with E-state index in [1.165, 1.54) is 0 Å². The van der Waals surface area contributed by atoms with Gasteiger partial charge in [-0.3, -0.25) is 4.99 Å². The van der Waals surface area contributed by atoms with Gasteiger partial charge in [0.15, 0.2) is 0 Å². The van der Waals surface area contributed by atoms with Crippen molar-refractivity contribution in [1.29, 1.82) is 0 Å². The Morgan fingerprint density at radius 1 is 1.33 bits per heavy atom. The quantitative estimate of drug-likeness (QED) is 0.600. The fraction of sp³-hybridized carbons (Fsp3) is 0.182. The van der Waals surface area contributed by atoms with Crippen LogP contribution in [0.4, 0.5) is 0 Å². The van der Waals surface area contributed by atoms with Gasteiger partial charge in [-0.25, -0.2) is 0 Å². The molecular formula is C11H11N. The number of hydrogen-bond donors (Lipinski definition) is 0. The third-order valence-electron chi connectivity index (χ3n) is 1.63. The highest BCUT2D eigenvalue weighted by atomic mass is 14.7. The van der Waals surface area contributed by atoms with E-state index in [4.69, 9.17) is 5.48 Å². The maximum atomic E-state index is 7.84. The van der Waals surface area contributed by atoms with Gasteiger partial charge >= 0.3 is 0 Å². The lowest BCUT2D eigenvalue weighted by Crippen LogP contribution is -2.01. The Balaban J connectivity index is 2.46. The monoisotopic (exact) mass is 161 g/mol. The Morgan fingerprint density at radius 2 is 2.17 bits per heavy atom. The summed E-state index contributed by atoms with van der Waals surface area (Å²) < 4.78 is 30.4. The van der Waals surface area contributed by atoms with Crippen LogP contribution in [0, 0.1) is 0 Å². The molecule has 2 unspecified atom stereocenters. The van der Waals surface area contributed by atoms with Crippen molar-refractivity contribution in [3.05, 3.63) is 48.1 Å². The lowest BCUT2D eigenvalue weighted by atomic mass is 10.0. The topological polar surface area (TPSA) is 12.4 Å². The van der Waals surface area contributed by atoms with Gasteiger partial charge in [0, 0.05) is 14.6 Å². The molecule has 1 heterocycles. The maximum Gasteiger partial charge on any atom is 0.0836 e. The third kappa shape index (κ3) is 1.45. The van der Waals surface area contributed by atoms with Crippen LogP contribution in [-0.2, 0) is 0 Å². The van der Waals surface area contributed by atoms with Crippen LogP contribution in [0.2, 0.25) is 0 Å². The summed E-state index contributed by atoms with van der Waals surface area (Å²) in [5, 5.41) is 0. The van der Waals surface area contributed by atoms with Crippen LogP contribution in [0.1, 0.15) is 23.8 Å². The third-order valence-corrected chi connectivity index (χ3v) is 1.63. The molecule has 1 aliphatic heterocycles. The highest BCUT2D eigenvalue weighted by molar-refractivity contribution is 6.01. The molecule has 0 bridgehead atoms. The molecular weight excluding hydrogens is 146 g/mol. The molecule has 1 heteroatoms. The lowest BCUT2D eigenvalue weighted by molar-refractivity contribution is 1.06. The van der Waals surface area contributed by atoms with E-state index >= 15 is 0 Å². The standard InChI is InChI=1S/C11H11N/c1-2-6-10(7-3-1)11-8-4-5-9-12-11/h1-3,5-7,9H,4,8H2/i4D,5D,8D,9D. The van der Waals surface area contributed by atoms with Crippen LogP contribution in [0.25, 0.3) is 0 Å². The summed E-state index contributed by atoms with van der Waals surface area (Å²) in [6, 6.07) is 8.93. The molecule has 0 spiro atoms. The Kier molecular flexibility index (Phi) is 1.13. The minimum absolute atomic E-state index is 0.181. The SMILES string of the molecule is [2H]C1=C([2H])C([2H])C([2H])C(c2ccccc2)=N1. The first-order valence-electron chi connectivity index (χ1n) is 5.92. The van der Waals surface area contributed by atoms with Gasteiger partial charge in [-0.15, -0.1) is 0 Å². The maximum absolute atomic E-state index is 7.84. The van der Waals surface area contributed by atoms with E-state index < -0.39 is 12.8 Å². The number of hydrogen-bond acceptors (Lipinski definition) is 1. The van der Waals surface area contributed by atoms with Crippen molar-refractivity contribution in [3.63, 3.8) is 0 Å². The van der Waals surface area contributed by atoms with E-state index in [-0.39, 0.29) is 12.2 Å². The number of rotatable bonds is 1. The van der Waals surface area contributed by atoms with E-state index in [1.54, 1.807) is 12.1 Å². The van der Waals surface area contributed by atoms with Crippen LogP contribution in [0.5, 0.6) is 0 Å². The molecule has 0 aliphatic carbocycles. The van der Waals surface area contributed by atoms with Crippen LogP contribution >= 0.6 is 0 Å². The van der Waals surface area contributed by atoms with E-state index in [0.717, 1.165) is 5.56 Å². The van der Waals surface area contributed by atoms with E-state index in [0.29, 0.717) is 5.71 Å². The first kappa shape index (κ1) is 4.04. The summed E-state index contributed by atoms with van der Waals surface area (Å²) in [7, 11) is 0. The molecule has 0 fully saturated rings. The molecule has 0 amide bonds. The zero-order valence-electron chi connectivity index (χ0n) is 10.5. The van der Waals surface area contributed by atoms with Crippen LogP contribution < -0.4 is 0 Å². The molecule has 1 aromatic carbocycles. The van der Waals surface area contributed by atoms with Gasteiger partial charge in [0.25, 0.3) is 0 Å². The number of aliphatic imine (C=N–C) groups is 1. The fourth-order valence-corrected chi connectivity index (χ4v) is 1.06. The summed E-state index contributed by atoms with van der Waals surface area (Å²) >= 11 is 0. The van der Waals surface area contributed by atoms with E-state index in [1.807, 2.05) is 18.2 Å². The molecule has 0 aromatic heterocycles. The first-order chi connectivity index (χ1) is 7.61. The molecule has 1 aliphatic rings. The van der Waals surface area contributed by atoms with E-state index in [2.05, 4.69) is 4.99 Å². The summed E-state index contributed by atoms with van der Waals surface area (Å²) in [4.78, 5) is 3.93. The van der Waals surface area contributed by atoms with E-state index in [9.17, 15) is 0 Å². The second-order valence-electron chi connectivity index (χ2n) is 2.45. The largest absolute Gasteiger partial charge is 0.261 e. The van der Waals surface area contributed by atoms with Crippen LogP contribution in [0.15, 0.2) is 47.6 Å². The summed E-state index contributed by atoms with van der Waals surface area (Å²) in [6.45, 7) is 0. The van der Waals surface area contributed by atoms with Gasteiger partial charge in [-0.1, -0.05) is 36.4 Å². The second-order valence-corrected chi connectivity index (χ2v) is 2.45. The average molecular weight is 161 g/mol. The predicted molar refractivity (Wildman–Crippen MR) is 51.4 cm³/mol. The van der Waals surface area contributed by atoms with Gasteiger partial charge in [0.1, 0.15) is 0 Å². The van der Waals surface area contributed by atoms with Crippen molar-refractivity contribution in [3.8, 4) is 0 Å². The normalized spacial score (nSPS) is 34.5. The minimum atomic E-state index is -1.01. The lowest BCUT2D eigenvalue weighted by Gasteiger charge is -2.06. The first-order valence-corrected chi connectivity index (χ1v) is 3.77. The highest BCUT2D eigenvalue weighted by Crippen LogP contribution is 2.10. The number of allylic oxidation sites excluding steroid dienone is 1. The van der Waals surface area contributed by atoms with Crippen molar-refractivity contribution in [2.24, 2.45) is 4.99 Å². The molecule has 12 heavy (non-hydrogen) atoms. The van der Waals surface area contributed by atoms with Crippen LogP contribution in [-0.4, -0.2) is 5.71 Å². The Bertz CT molecular complexity index is 452. The molecule has 0 N–H and O–H groups in total. The fourth-order valence-electron chi connectivity index (χ4n) is 1.06. The zero-order valence-corrected chi connectivity index (χ0v) is 6.49. The molecule has 2 atom stereocenters. The van der Waals surface area contributed by atoms with Crippen molar-refractivity contribution in [1.82, 2.24) is 0 Å². The van der Waals surface area contributed by atoms with Gasteiger partial charge in [-0.2, -0.15) is 0 Å². The van der Waals surface area contributed by atoms with Gasteiger partial charge in [0.2, 0.25) is 0 Å². The van der Waals surface area contributed by atoms with Gasteiger partial charge in [0.05, 0.1) is 2.74 Å². The number of nitrogens with zero attached hydrogens (tertiary/aromatic N) is 1. The van der Waals surface area contributed by atoms with Gasteiger partial charge in [-0.05, 0) is 18.4 Å². The number of benzene rings is 1. The summed E-state index contributed by atoms with van der Waals surface area (Å²) in [6.07, 6.45) is -2.11. The highest BCUT2D eigenvalue weighted by Gasteiger charge is 2.02. The Morgan fingerprint density at radius 3 is 3.00 bits per heavy atom. The zero-order chi connectivity index (χ0) is 11.7. The van der Waals surface area contributed by atoms with Crippen LogP contribution in [0.3, 0.4) is 0 Å². The molecule has 0 saturated carbocycles. The van der Waals surface area contributed by atoms with Crippen molar-refractivity contribution >= 4 is 5.71 Å². The molecule has 0 saturated heterocycles. The Hall–Kier alpha value is -1.37. The van der Waals surface area contributed by atoms with Crippen molar-refractivity contribution < 1.29 is 5.48 Å². The molecule has 1 aromatic rings. The van der Waals surface area contributed by atoms with Crippen molar-refractivity contribution in [2.45, 2.75) is 12.8 Å². The Labute approximate surface area is 78.1 Å². The summed E-state index contributed by atoms with van der Waals surface area (Å²) in [5.41, 5.74) is 1.15. The summed E-state index contributed by atoms with van der Waals surface area (Å²) in [5.74, 6) is 0. The molecule has 1 nitrogen and oxygen atoms in total.